The molecule has 69 heavy (non-hydrogen) atoms. The van der Waals surface area contributed by atoms with Crippen LogP contribution in [0.3, 0.4) is 0 Å². The first-order valence-electron chi connectivity index (χ1n) is 23.7. The summed E-state index contributed by atoms with van der Waals surface area (Å²) in [7, 11) is 0. The number of aromatic nitrogens is 4. The fourth-order valence-electron chi connectivity index (χ4n) is 11.2. The van der Waals surface area contributed by atoms with Gasteiger partial charge in [0.05, 0.1) is 5.41 Å². The van der Waals surface area contributed by atoms with E-state index in [4.69, 9.17) is 9.72 Å². The Balaban J connectivity index is 0.960. The molecule has 6 heteroatoms. The maximum atomic E-state index is 6.80. The minimum absolute atomic E-state index is 0.0174. The van der Waals surface area contributed by atoms with Gasteiger partial charge < -0.3 is 0 Å². The normalized spacial score (nSPS) is 13.6. The first kappa shape index (κ1) is 41.8. The van der Waals surface area contributed by atoms with E-state index in [0.29, 0.717) is 11.5 Å². The van der Waals surface area contributed by atoms with Crippen LogP contribution < -0.4 is 4.74 Å². The second-order valence-electron chi connectivity index (χ2n) is 20.6. The van der Waals surface area contributed by atoms with E-state index in [0.717, 1.165) is 53.8 Å². The Morgan fingerprint density at radius 1 is 0.478 bits per heavy atom. The number of imidazole rings is 1. The van der Waals surface area contributed by atoms with Gasteiger partial charge in [0.15, 0.2) is 0 Å². The number of hydrogen-bond donors (Lipinski definition) is 0. The summed E-state index contributed by atoms with van der Waals surface area (Å²) >= 11 is 2.48. The number of hydrogen-bond acceptors (Lipinski definition) is 2. The van der Waals surface area contributed by atoms with Crippen molar-refractivity contribution in [3.05, 3.63) is 231 Å². The number of para-hydroxylation sites is 2. The van der Waals surface area contributed by atoms with Gasteiger partial charge in [-0.25, -0.2) is 0 Å². The maximum absolute atomic E-state index is 6.80. The van der Waals surface area contributed by atoms with Crippen LogP contribution in [-0.4, -0.2) is 18.7 Å². The Bertz CT molecular complexity index is 3910. The number of pyridine rings is 1. The summed E-state index contributed by atoms with van der Waals surface area (Å²) in [6, 6.07) is 71.3. The SMILES string of the molecule is CC(C)(C)c1cc(-n2[c](=[Pt])n(-c3[c-]c(Oc4[c-]c5c(cc4)c4cc6c(cc4n5-c4ccccn4)C4(c5ccccc5-c5ccccc54)c4ccccc4-6)ccc3)c3ccccc32)cc(C(C)(C)C)c1. The quantitative estimate of drug-likeness (QED) is 0.161. The van der Waals surface area contributed by atoms with Crippen LogP contribution in [0.5, 0.6) is 11.5 Å². The third-order valence-electron chi connectivity index (χ3n) is 14.5. The molecule has 0 N–H and O–H groups in total. The van der Waals surface area contributed by atoms with E-state index in [1.54, 1.807) is 0 Å². The zero-order valence-electron chi connectivity index (χ0n) is 39.3. The summed E-state index contributed by atoms with van der Waals surface area (Å²) in [5, 5.41) is 2.22. The van der Waals surface area contributed by atoms with Crippen LogP contribution in [-0.2, 0) is 35.6 Å². The molecule has 2 aliphatic rings. The minimum atomic E-state index is -0.467. The Hall–Kier alpha value is -7.33. The Morgan fingerprint density at radius 3 is 1.68 bits per heavy atom. The van der Waals surface area contributed by atoms with Gasteiger partial charge in [0.25, 0.3) is 0 Å². The zero-order chi connectivity index (χ0) is 47.0. The Kier molecular flexibility index (Phi) is 9.14. The van der Waals surface area contributed by atoms with Crippen LogP contribution in [0.15, 0.2) is 182 Å². The molecule has 338 valence electrons. The summed E-state index contributed by atoms with van der Waals surface area (Å²) in [4.78, 5) is 4.95. The molecule has 8 aromatic carbocycles. The van der Waals surface area contributed by atoms with Crippen molar-refractivity contribution in [3.63, 3.8) is 0 Å². The van der Waals surface area contributed by atoms with Gasteiger partial charge in [-0.05, 0) is 50.6 Å². The number of nitrogens with zero attached hydrogens (tertiary/aromatic N) is 4. The molecule has 3 heterocycles. The zero-order valence-corrected chi connectivity index (χ0v) is 41.6. The molecule has 0 fully saturated rings. The van der Waals surface area contributed by atoms with Crippen LogP contribution in [0.25, 0.3) is 72.3 Å². The second kappa shape index (κ2) is 15.1. The predicted octanol–water partition coefficient (Wildman–Crippen LogP) is 15.3. The van der Waals surface area contributed by atoms with Crippen molar-refractivity contribution < 1.29 is 24.1 Å². The van der Waals surface area contributed by atoms with Gasteiger partial charge in [-0.1, -0.05) is 78.9 Å². The van der Waals surface area contributed by atoms with Gasteiger partial charge in [-0.3, -0.25) is 0 Å². The third kappa shape index (κ3) is 6.19. The fraction of sp³-hybridized carbons (Fsp3) is 0.143. The standard InChI is InChI=1S/C63H48N4O.Pt/c1-61(2,3)40-32-41(62(4,5)6)34-43(33-40)66-39-65(56-26-13-14-27-57(56)66)42-18-17-19-44(35-42)68-45-29-30-49-51-37-50-48-22-9-12-25-54(48)63(52-23-10-7-20-46(52)47-21-8-11-24-53(47)63)55(50)38-59(51)67(58(49)36-45)60-28-15-16-31-64-60;/h7-34,37-38H,1-6H3;/q-2;. The summed E-state index contributed by atoms with van der Waals surface area (Å²) in [5.41, 5.74) is 18.7. The fourth-order valence-corrected chi connectivity index (χ4v) is 12.3. The summed E-state index contributed by atoms with van der Waals surface area (Å²) in [6.07, 6.45) is 1.86. The number of rotatable bonds is 5. The van der Waals surface area contributed by atoms with E-state index in [2.05, 4.69) is 238 Å². The van der Waals surface area contributed by atoms with Crippen molar-refractivity contribution in [2.75, 3.05) is 0 Å². The summed E-state index contributed by atoms with van der Waals surface area (Å²) < 4.78 is 14.8. The molecular formula is C63H48N4OPt-2. The van der Waals surface area contributed by atoms with Gasteiger partial charge in [-0.2, -0.15) is 0 Å². The van der Waals surface area contributed by atoms with Gasteiger partial charge in [0, 0.05) is 6.20 Å². The van der Waals surface area contributed by atoms with Gasteiger partial charge in [-0.15, -0.1) is 0 Å². The van der Waals surface area contributed by atoms with Crippen LogP contribution >= 0.6 is 0 Å². The van der Waals surface area contributed by atoms with E-state index in [1.165, 1.54) is 55.6 Å². The van der Waals surface area contributed by atoms with E-state index in [1.807, 2.05) is 30.5 Å². The van der Waals surface area contributed by atoms with Crippen molar-refractivity contribution in [2.24, 2.45) is 0 Å². The van der Waals surface area contributed by atoms with Crippen LogP contribution in [0, 0.1) is 15.9 Å². The van der Waals surface area contributed by atoms with E-state index in [-0.39, 0.29) is 10.8 Å². The molecule has 5 nitrogen and oxygen atoms in total. The van der Waals surface area contributed by atoms with Crippen molar-refractivity contribution in [1.82, 2.24) is 18.7 Å². The van der Waals surface area contributed by atoms with Gasteiger partial charge in [0.2, 0.25) is 0 Å². The average molecular weight is 1070 g/mol. The molecule has 0 saturated carbocycles. The average Bonchev–Trinajstić information content (AvgIpc) is 4.04. The van der Waals surface area contributed by atoms with Crippen LogP contribution in [0.4, 0.5) is 0 Å². The molecule has 0 saturated heterocycles. The molecule has 0 bridgehead atoms. The molecule has 0 aliphatic heterocycles. The summed E-state index contributed by atoms with van der Waals surface area (Å²) in [5.74, 6) is 2.02. The number of benzene rings is 8. The third-order valence-corrected chi connectivity index (χ3v) is 15.5. The number of fused-ring (bicyclic) bond motifs is 14. The van der Waals surface area contributed by atoms with E-state index in [9.17, 15) is 0 Å². The molecule has 0 unspecified atom stereocenters. The van der Waals surface area contributed by atoms with Crippen molar-refractivity contribution >= 4 is 32.8 Å². The Labute approximate surface area is 413 Å². The first-order valence-corrected chi connectivity index (χ1v) is 24.8. The van der Waals surface area contributed by atoms with Crippen molar-refractivity contribution in [2.45, 2.75) is 57.8 Å². The van der Waals surface area contributed by atoms with Crippen molar-refractivity contribution in [3.8, 4) is 50.9 Å². The van der Waals surface area contributed by atoms with E-state index < -0.39 is 5.41 Å². The van der Waals surface area contributed by atoms with Crippen molar-refractivity contribution in [1.29, 1.82) is 0 Å². The van der Waals surface area contributed by atoms with Crippen LogP contribution in [0.2, 0.25) is 0 Å². The molecule has 1 spiro atoms. The molecule has 0 radical (unpaired) electrons. The molecule has 3 aromatic heterocycles. The topological polar surface area (TPSA) is 36.9 Å². The first-order chi connectivity index (χ1) is 33.4. The van der Waals surface area contributed by atoms with Crippen LogP contribution in [0.1, 0.15) is 74.9 Å². The van der Waals surface area contributed by atoms with Gasteiger partial charge in [0.1, 0.15) is 0 Å². The predicted molar refractivity (Wildman–Crippen MR) is 276 cm³/mol. The van der Waals surface area contributed by atoms with E-state index >= 15 is 0 Å². The second-order valence-corrected chi connectivity index (χ2v) is 21.6. The molecule has 0 amide bonds. The molecule has 11 aromatic rings. The summed E-state index contributed by atoms with van der Waals surface area (Å²) in [6.45, 7) is 13.7. The number of ether oxygens (including phenoxy) is 1. The monoisotopic (exact) mass is 1070 g/mol. The molecular weight excluding hydrogens is 1020 g/mol. The molecule has 2 aliphatic carbocycles. The molecule has 0 atom stereocenters. The van der Waals surface area contributed by atoms with Gasteiger partial charge >= 0.3 is 275 Å². The Morgan fingerprint density at radius 2 is 1.06 bits per heavy atom. The molecule has 13 rings (SSSR count).